The summed E-state index contributed by atoms with van der Waals surface area (Å²) in [4.78, 5) is 0. The van der Waals surface area contributed by atoms with E-state index in [1.165, 1.54) is 0 Å². The van der Waals surface area contributed by atoms with Gasteiger partial charge in [0.15, 0.2) is 0 Å². The molecule has 0 aliphatic heterocycles. The van der Waals surface area contributed by atoms with Crippen molar-refractivity contribution in [3.05, 3.63) is 11.9 Å². The molecule has 1 aromatic rings. The average Bonchev–Trinajstić information content (AvgIpc) is 2.46. The Kier molecular flexibility index (Phi) is 2.05. The summed E-state index contributed by atoms with van der Waals surface area (Å²) in [6, 6.07) is 0.694. The van der Waals surface area contributed by atoms with Gasteiger partial charge in [-0.1, -0.05) is 5.21 Å². The summed E-state index contributed by atoms with van der Waals surface area (Å²) in [5.74, 6) is 0. The Balaban J connectivity index is 2.06. The van der Waals surface area contributed by atoms with E-state index < -0.39 is 6.10 Å². The number of rotatable bonds is 2. The van der Waals surface area contributed by atoms with Gasteiger partial charge in [-0.15, -0.1) is 5.10 Å². The molecule has 13 heavy (non-hydrogen) atoms. The summed E-state index contributed by atoms with van der Waals surface area (Å²) in [5, 5.41) is 17.0. The molecule has 0 saturated heterocycles. The predicted molar refractivity (Wildman–Crippen MR) is 46.9 cm³/mol. The third kappa shape index (κ3) is 1.57. The molecular weight excluding hydrogens is 168 g/mol. The standard InChI is InChI=1S/C8H14N4O/c1-5(13)8-4-12(11-10-8)7-2-6(9)3-7/h4-7,13H,2-3,9H2,1H3/t5-,6?,7?/m1/s1. The lowest BCUT2D eigenvalue weighted by molar-refractivity contribution is 0.194. The van der Waals surface area contributed by atoms with Gasteiger partial charge in [-0.05, 0) is 19.8 Å². The van der Waals surface area contributed by atoms with Crippen LogP contribution in [0.2, 0.25) is 0 Å². The second kappa shape index (κ2) is 3.08. The van der Waals surface area contributed by atoms with Gasteiger partial charge in [0, 0.05) is 6.04 Å². The van der Waals surface area contributed by atoms with Crippen molar-refractivity contribution in [2.75, 3.05) is 0 Å². The molecule has 1 heterocycles. The average molecular weight is 182 g/mol. The molecule has 1 fully saturated rings. The Labute approximate surface area is 76.5 Å². The molecular formula is C8H14N4O. The van der Waals surface area contributed by atoms with Gasteiger partial charge in [0.05, 0.1) is 18.3 Å². The zero-order valence-corrected chi connectivity index (χ0v) is 7.59. The highest BCUT2D eigenvalue weighted by atomic mass is 16.3. The fraction of sp³-hybridized carbons (Fsp3) is 0.750. The van der Waals surface area contributed by atoms with Crippen molar-refractivity contribution in [3.8, 4) is 0 Å². The molecule has 0 amide bonds. The third-order valence-electron chi connectivity index (χ3n) is 2.48. The molecule has 2 rings (SSSR count). The van der Waals surface area contributed by atoms with Crippen molar-refractivity contribution in [3.63, 3.8) is 0 Å². The first-order chi connectivity index (χ1) is 6.16. The van der Waals surface area contributed by atoms with Gasteiger partial charge in [0.1, 0.15) is 5.69 Å². The molecule has 3 N–H and O–H groups in total. The number of aromatic nitrogens is 3. The van der Waals surface area contributed by atoms with E-state index in [0.29, 0.717) is 17.8 Å². The minimum Gasteiger partial charge on any atom is -0.387 e. The van der Waals surface area contributed by atoms with Gasteiger partial charge in [-0.25, -0.2) is 4.68 Å². The van der Waals surface area contributed by atoms with E-state index in [4.69, 9.17) is 5.73 Å². The molecule has 5 nitrogen and oxygen atoms in total. The van der Waals surface area contributed by atoms with Crippen molar-refractivity contribution in [1.82, 2.24) is 15.0 Å². The maximum Gasteiger partial charge on any atom is 0.111 e. The molecule has 1 atom stereocenters. The number of nitrogens with zero attached hydrogens (tertiary/aromatic N) is 3. The van der Waals surface area contributed by atoms with Gasteiger partial charge >= 0.3 is 0 Å². The minimum absolute atomic E-state index is 0.309. The van der Waals surface area contributed by atoms with Crippen LogP contribution in [0, 0.1) is 0 Å². The molecule has 0 unspecified atom stereocenters. The smallest absolute Gasteiger partial charge is 0.111 e. The van der Waals surface area contributed by atoms with Gasteiger partial charge in [-0.3, -0.25) is 0 Å². The van der Waals surface area contributed by atoms with E-state index >= 15 is 0 Å². The summed E-state index contributed by atoms with van der Waals surface area (Å²) < 4.78 is 1.80. The molecule has 1 saturated carbocycles. The zero-order chi connectivity index (χ0) is 9.42. The zero-order valence-electron chi connectivity index (χ0n) is 7.59. The molecule has 0 radical (unpaired) electrons. The van der Waals surface area contributed by atoms with Crippen LogP contribution in [0.1, 0.15) is 37.6 Å². The topological polar surface area (TPSA) is 77.0 Å². The van der Waals surface area contributed by atoms with Crippen molar-refractivity contribution < 1.29 is 5.11 Å². The molecule has 0 spiro atoms. The maximum atomic E-state index is 9.22. The Morgan fingerprint density at radius 2 is 2.38 bits per heavy atom. The van der Waals surface area contributed by atoms with Crippen molar-refractivity contribution in [1.29, 1.82) is 0 Å². The summed E-state index contributed by atoms with van der Waals surface area (Å²) in [5.41, 5.74) is 6.29. The number of aliphatic hydroxyl groups excluding tert-OH is 1. The Morgan fingerprint density at radius 3 is 2.85 bits per heavy atom. The molecule has 1 aromatic heterocycles. The van der Waals surface area contributed by atoms with Crippen LogP contribution in [0.5, 0.6) is 0 Å². The molecule has 5 heteroatoms. The van der Waals surface area contributed by atoms with E-state index in [1.54, 1.807) is 17.8 Å². The highest BCUT2D eigenvalue weighted by molar-refractivity contribution is 4.98. The first kappa shape index (κ1) is 8.65. The van der Waals surface area contributed by atoms with Crippen molar-refractivity contribution >= 4 is 0 Å². The quantitative estimate of drug-likeness (QED) is 0.674. The summed E-state index contributed by atoms with van der Waals surface area (Å²) in [7, 11) is 0. The predicted octanol–water partition coefficient (Wildman–Crippen LogP) is -0.00640. The van der Waals surface area contributed by atoms with Crippen LogP contribution in [0.15, 0.2) is 6.20 Å². The van der Waals surface area contributed by atoms with Crippen molar-refractivity contribution in [2.45, 2.75) is 38.0 Å². The van der Waals surface area contributed by atoms with Crippen LogP contribution < -0.4 is 5.73 Å². The highest BCUT2D eigenvalue weighted by Crippen LogP contribution is 2.30. The summed E-state index contributed by atoms with van der Waals surface area (Å²) >= 11 is 0. The van der Waals surface area contributed by atoms with E-state index in [0.717, 1.165) is 12.8 Å². The lowest BCUT2D eigenvalue weighted by atomic mass is 9.88. The Hall–Kier alpha value is -0.940. The number of nitrogens with two attached hydrogens (primary N) is 1. The molecule has 0 aromatic carbocycles. The summed E-state index contributed by atoms with van der Waals surface area (Å²) in [6.45, 7) is 1.68. The first-order valence-electron chi connectivity index (χ1n) is 4.52. The van der Waals surface area contributed by atoms with Gasteiger partial charge < -0.3 is 10.8 Å². The number of aliphatic hydroxyl groups is 1. The fourth-order valence-electron chi connectivity index (χ4n) is 1.51. The SMILES string of the molecule is C[C@@H](O)c1cn(C2CC(N)C2)nn1. The Morgan fingerprint density at radius 1 is 1.69 bits per heavy atom. The lowest BCUT2D eigenvalue weighted by Crippen LogP contribution is -2.37. The maximum absolute atomic E-state index is 9.22. The van der Waals surface area contributed by atoms with Crippen LogP contribution in [0.25, 0.3) is 0 Å². The van der Waals surface area contributed by atoms with E-state index in [2.05, 4.69) is 10.3 Å². The van der Waals surface area contributed by atoms with E-state index in [1.807, 2.05) is 0 Å². The molecule has 0 bridgehead atoms. The second-order valence-electron chi connectivity index (χ2n) is 3.68. The largest absolute Gasteiger partial charge is 0.387 e. The van der Waals surface area contributed by atoms with E-state index in [-0.39, 0.29) is 0 Å². The van der Waals surface area contributed by atoms with Crippen LogP contribution in [-0.4, -0.2) is 26.1 Å². The van der Waals surface area contributed by atoms with Gasteiger partial charge in [0.2, 0.25) is 0 Å². The van der Waals surface area contributed by atoms with Crippen LogP contribution in [-0.2, 0) is 0 Å². The minimum atomic E-state index is -0.539. The Bertz CT molecular complexity index is 290. The van der Waals surface area contributed by atoms with Gasteiger partial charge in [0.25, 0.3) is 0 Å². The third-order valence-corrected chi connectivity index (χ3v) is 2.48. The van der Waals surface area contributed by atoms with Crippen molar-refractivity contribution in [2.24, 2.45) is 5.73 Å². The van der Waals surface area contributed by atoms with E-state index in [9.17, 15) is 5.11 Å². The van der Waals surface area contributed by atoms with Gasteiger partial charge in [-0.2, -0.15) is 0 Å². The number of hydrogen-bond acceptors (Lipinski definition) is 4. The fourth-order valence-corrected chi connectivity index (χ4v) is 1.51. The number of hydrogen-bond donors (Lipinski definition) is 2. The van der Waals surface area contributed by atoms with Crippen LogP contribution in [0.4, 0.5) is 0 Å². The molecule has 1 aliphatic rings. The second-order valence-corrected chi connectivity index (χ2v) is 3.68. The highest BCUT2D eigenvalue weighted by Gasteiger charge is 2.28. The summed E-state index contributed by atoms with van der Waals surface area (Å²) in [6.07, 6.45) is 3.18. The van der Waals surface area contributed by atoms with Crippen LogP contribution >= 0.6 is 0 Å². The molecule has 72 valence electrons. The van der Waals surface area contributed by atoms with Crippen LogP contribution in [0.3, 0.4) is 0 Å². The lowest BCUT2D eigenvalue weighted by Gasteiger charge is -2.31. The molecule has 1 aliphatic carbocycles. The first-order valence-corrected chi connectivity index (χ1v) is 4.52. The monoisotopic (exact) mass is 182 g/mol. The normalized spacial score (nSPS) is 29.8.